The van der Waals surface area contributed by atoms with E-state index in [0.29, 0.717) is 5.41 Å². The molecule has 1 unspecified atom stereocenters. The number of hydrogen-bond donors (Lipinski definition) is 1. The van der Waals surface area contributed by atoms with Gasteiger partial charge in [-0.25, -0.2) is 0 Å². The van der Waals surface area contributed by atoms with Gasteiger partial charge in [-0.1, -0.05) is 6.92 Å². The van der Waals surface area contributed by atoms with Crippen molar-refractivity contribution in [2.24, 2.45) is 5.41 Å². The molecule has 1 N–H and O–H groups in total. The Balaban J connectivity index is 2.18. The van der Waals surface area contributed by atoms with Crippen molar-refractivity contribution < 1.29 is 0 Å². The Hall–Kier alpha value is -0.550. The van der Waals surface area contributed by atoms with Crippen molar-refractivity contribution in [1.82, 2.24) is 5.32 Å². The van der Waals surface area contributed by atoms with Gasteiger partial charge in [0.25, 0.3) is 0 Å². The van der Waals surface area contributed by atoms with Gasteiger partial charge in [-0.2, -0.15) is 5.26 Å². The van der Waals surface area contributed by atoms with Crippen molar-refractivity contribution in [3.63, 3.8) is 0 Å². The fraction of sp³-hybridized carbons (Fsp3) is 0.889. The zero-order valence-corrected chi connectivity index (χ0v) is 7.35. The summed E-state index contributed by atoms with van der Waals surface area (Å²) < 4.78 is 0. The normalized spacial score (nSPS) is 22.3. The van der Waals surface area contributed by atoms with Gasteiger partial charge in [0, 0.05) is 6.54 Å². The molecule has 2 heteroatoms. The highest BCUT2D eigenvalue weighted by Crippen LogP contribution is 2.47. The predicted molar refractivity (Wildman–Crippen MR) is 45.0 cm³/mol. The molecule has 62 valence electrons. The molecule has 0 aromatic carbocycles. The second-order valence-corrected chi connectivity index (χ2v) is 3.59. The van der Waals surface area contributed by atoms with Crippen molar-refractivity contribution in [2.45, 2.75) is 39.2 Å². The number of rotatable bonds is 4. The molecule has 0 radical (unpaired) electrons. The third kappa shape index (κ3) is 2.20. The van der Waals surface area contributed by atoms with Crippen LogP contribution in [0.2, 0.25) is 0 Å². The van der Waals surface area contributed by atoms with Gasteiger partial charge in [0.15, 0.2) is 0 Å². The van der Waals surface area contributed by atoms with Crippen LogP contribution in [0.15, 0.2) is 0 Å². The number of nitrogens with one attached hydrogen (secondary N) is 1. The molecule has 0 spiro atoms. The van der Waals surface area contributed by atoms with E-state index >= 15 is 0 Å². The van der Waals surface area contributed by atoms with Crippen LogP contribution in [-0.2, 0) is 0 Å². The molecular formula is C9H16N2. The van der Waals surface area contributed by atoms with Gasteiger partial charge in [0.05, 0.1) is 12.1 Å². The Labute approximate surface area is 68.6 Å². The van der Waals surface area contributed by atoms with Gasteiger partial charge < -0.3 is 5.32 Å². The fourth-order valence-electron chi connectivity index (χ4n) is 1.25. The summed E-state index contributed by atoms with van der Waals surface area (Å²) in [5, 5.41) is 11.7. The third-order valence-corrected chi connectivity index (χ3v) is 2.68. The molecule has 1 saturated carbocycles. The van der Waals surface area contributed by atoms with Crippen molar-refractivity contribution in [1.29, 1.82) is 5.26 Å². The van der Waals surface area contributed by atoms with E-state index in [1.54, 1.807) is 0 Å². The summed E-state index contributed by atoms with van der Waals surface area (Å²) in [6, 6.07) is 2.19. The average Bonchev–Trinajstić information content (AvgIpc) is 2.81. The fourth-order valence-corrected chi connectivity index (χ4v) is 1.25. The minimum atomic E-state index is 0.0130. The summed E-state index contributed by atoms with van der Waals surface area (Å²) >= 11 is 0. The van der Waals surface area contributed by atoms with Crippen molar-refractivity contribution >= 4 is 0 Å². The van der Waals surface area contributed by atoms with Crippen LogP contribution in [0.5, 0.6) is 0 Å². The predicted octanol–water partition coefficient (Wildman–Crippen LogP) is 1.68. The molecule has 0 heterocycles. The maximum absolute atomic E-state index is 8.51. The van der Waals surface area contributed by atoms with Gasteiger partial charge in [0.1, 0.15) is 0 Å². The lowest BCUT2D eigenvalue weighted by Crippen LogP contribution is -2.30. The first-order chi connectivity index (χ1) is 5.22. The summed E-state index contributed by atoms with van der Waals surface area (Å²) in [4.78, 5) is 0. The SMILES string of the molecule is CCC1(CNC(C)C#N)CC1. The Morgan fingerprint density at radius 1 is 1.64 bits per heavy atom. The van der Waals surface area contributed by atoms with Crippen LogP contribution >= 0.6 is 0 Å². The second kappa shape index (κ2) is 3.23. The lowest BCUT2D eigenvalue weighted by Gasteiger charge is -2.13. The van der Waals surface area contributed by atoms with Gasteiger partial charge in [-0.15, -0.1) is 0 Å². The number of nitrogens with zero attached hydrogens (tertiary/aromatic N) is 1. The van der Waals surface area contributed by atoms with Crippen molar-refractivity contribution in [2.75, 3.05) is 6.54 Å². The summed E-state index contributed by atoms with van der Waals surface area (Å²) in [5.74, 6) is 0. The zero-order valence-electron chi connectivity index (χ0n) is 7.35. The van der Waals surface area contributed by atoms with Crippen LogP contribution in [0.4, 0.5) is 0 Å². The van der Waals surface area contributed by atoms with E-state index in [9.17, 15) is 0 Å². The lowest BCUT2D eigenvalue weighted by molar-refractivity contribution is 0.434. The van der Waals surface area contributed by atoms with Crippen LogP contribution in [0.25, 0.3) is 0 Å². The minimum Gasteiger partial charge on any atom is -0.302 e. The highest BCUT2D eigenvalue weighted by atomic mass is 14.9. The molecule has 2 nitrogen and oxygen atoms in total. The van der Waals surface area contributed by atoms with E-state index in [4.69, 9.17) is 5.26 Å². The van der Waals surface area contributed by atoms with Crippen LogP contribution < -0.4 is 5.32 Å². The van der Waals surface area contributed by atoms with Gasteiger partial charge in [0.2, 0.25) is 0 Å². The zero-order chi connectivity index (χ0) is 8.32. The Morgan fingerprint density at radius 2 is 2.27 bits per heavy atom. The Morgan fingerprint density at radius 3 is 2.64 bits per heavy atom. The van der Waals surface area contributed by atoms with Crippen molar-refractivity contribution in [3.05, 3.63) is 0 Å². The summed E-state index contributed by atoms with van der Waals surface area (Å²) in [5.41, 5.74) is 0.561. The molecule has 0 saturated heterocycles. The van der Waals surface area contributed by atoms with Crippen LogP contribution in [0.3, 0.4) is 0 Å². The molecular weight excluding hydrogens is 136 g/mol. The van der Waals surface area contributed by atoms with Crippen LogP contribution in [-0.4, -0.2) is 12.6 Å². The smallest absolute Gasteiger partial charge is 0.0924 e. The summed E-state index contributed by atoms with van der Waals surface area (Å²) in [7, 11) is 0. The minimum absolute atomic E-state index is 0.0130. The molecule has 1 rings (SSSR count). The first-order valence-corrected chi connectivity index (χ1v) is 4.35. The molecule has 0 aromatic rings. The molecule has 1 atom stereocenters. The first kappa shape index (κ1) is 8.55. The topological polar surface area (TPSA) is 35.8 Å². The molecule has 0 aromatic heterocycles. The standard InChI is InChI=1S/C9H16N2/c1-3-9(4-5-9)7-11-8(2)6-10/h8,11H,3-5,7H2,1-2H3. The Kier molecular flexibility index (Phi) is 2.51. The molecule has 1 aliphatic carbocycles. The average molecular weight is 152 g/mol. The monoisotopic (exact) mass is 152 g/mol. The van der Waals surface area contributed by atoms with Crippen molar-refractivity contribution in [3.8, 4) is 6.07 Å². The van der Waals surface area contributed by atoms with Gasteiger partial charge in [-0.05, 0) is 31.6 Å². The Bertz CT molecular complexity index is 165. The molecule has 0 bridgehead atoms. The molecule has 1 aliphatic rings. The summed E-state index contributed by atoms with van der Waals surface area (Å²) in [6.45, 7) is 5.16. The second-order valence-electron chi connectivity index (χ2n) is 3.59. The van der Waals surface area contributed by atoms with E-state index in [1.807, 2.05) is 6.92 Å². The van der Waals surface area contributed by atoms with E-state index in [1.165, 1.54) is 19.3 Å². The summed E-state index contributed by atoms with van der Waals surface area (Å²) in [6.07, 6.45) is 3.93. The van der Waals surface area contributed by atoms with E-state index in [0.717, 1.165) is 6.54 Å². The highest BCUT2D eigenvalue weighted by molar-refractivity contribution is 4.96. The molecule has 0 aliphatic heterocycles. The maximum Gasteiger partial charge on any atom is 0.0924 e. The maximum atomic E-state index is 8.51. The third-order valence-electron chi connectivity index (χ3n) is 2.68. The lowest BCUT2D eigenvalue weighted by atomic mass is 10.0. The molecule has 1 fully saturated rings. The molecule has 0 amide bonds. The van der Waals surface area contributed by atoms with Crippen LogP contribution in [0.1, 0.15) is 33.1 Å². The van der Waals surface area contributed by atoms with Gasteiger partial charge >= 0.3 is 0 Å². The van der Waals surface area contributed by atoms with E-state index in [2.05, 4.69) is 18.3 Å². The molecule has 11 heavy (non-hydrogen) atoms. The highest BCUT2D eigenvalue weighted by Gasteiger charge is 2.40. The number of hydrogen-bond acceptors (Lipinski definition) is 2. The number of nitriles is 1. The van der Waals surface area contributed by atoms with Gasteiger partial charge in [-0.3, -0.25) is 0 Å². The largest absolute Gasteiger partial charge is 0.302 e. The van der Waals surface area contributed by atoms with E-state index < -0.39 is 0 Å². The first-order valence-electron chi connectivity index (χ1n) is 4.35. The van der Waals surface area contributed by atoms with Crippen LogP contribution in [0, 0.1) is 16.7 Å². The quantitative estimate of drug-likeness (QED) is 0.665. The van der Waals surface area contributed by atoms with E-state index in [-0.39, 0.29) is 6.04 Å².